The number of benzene rings is 1. The van der Waals surface area contributed by atoms with Crippen LogP contribution in [-0.2, 0) is 14.8 Å². The predicted octanol–water partition coefficient (Wildman–Crippen LogP) is 0.570. The van der Waals surface area contributed by atoms with Crippen LogP contribution in [0.25, 0.3) is 0 Å². The molecule has 0 aliphatic rings. The van der Waals surface area contributed by atoms with Gasteiger partial charge in [-0.3, -0.25) is 9.52 Å². The van der Waals surface area contributed by atoms with Crippen LogP contribution >= 0.6 is 0 Å². The van der Waals surface area contributed by atoms with Crippen LogP contribution in [0, 0.1) is 5.92 Å². The van der Waals surface area contributed by atoms with E-state index >= 15 is 0 Å². The van der Waals surface area contributed by atoms with Crippen molar-refractivity contribution >= 4 is 21.6 Å². The van der Waals surface area contributed by atoms with E-state index in [1.165, 1.54) is 14.0 Å². The highest BCUT2D eigenvalue weighted by molar-refractivity contribution is 7.92. The van der Waals surface area contributed by atoms with E-state index < -0.39 is 27.9 Å². The predicted molar refractivity (Wildman–Crippen MR) is 84.3 cm³/mol. The Bertz CT molecular complexity index is 603. The lowest BCUT2D eigenvalue weighted by Crippen LogP contribution is -2.40. The summed E-state index contributed by atoms with van der Waals surface area (Å²) in [6, 6.07) is 6.10. The monoisotopic (exact) mass is 330 g/mol. The number of hydrogen-bond acceptors (Lipinski definition) is 5. The van der Waals surface area contributed by atoms with E-state index in [0.29, 0.717) is 11.4 Å². The number of rotatable bonds is 8. The second-order valence-corrected chi connectivity index (χ2v) is 6.88. The number of aliphatic hydroxyl groups is 1. The number of methoxy groups -OCH3 is 1. The molecular weight excluding hydrogens is 308 g/mol. The van der Waals surface area contributed by atoms with Crippen LogP contribution in [0.3, 0.4) is 0 Å². The number of hydrogen-bond donors (Lipinski definition) is 3. The Morgan fingerprint density at radius 3 is 2.64 bits per heavy atom. The van der Waals surface area contributed by atoms with Crippen molar-refractivity contribution in [3.8, 4) is 5.75 Å². The largest absolute Gasteiger partial charge is 0.497 e. The first kappa shape index (κ1) is 18.2. The number of nitrogens with one attached hydrogen (secondary N) is 2. The molecule has 3 N–H and O–H groups in total. The molecule has 0 aliphatic carbocycles. The highest BCUT2D eigenvalue weighted by atomic mass is 32.2. The fourth-order valence-electron chi connectivity index (χ4n) is 1.74. The molecule has 1 aromatic carbocycles. The van der Waals surface area contributed by atoms with E-state index in [2.05, 4.69) is 10.0 Å². The van der Waals surface area contributed by atoms with Crippen LogP contribution in [0.15, 0.2) is 24.3 Å². The quantitative estimate of drug-likeness (QED) is 0.646. The van der Waals surface area contributed by atoms with Crippen LogP contribution in [-0.4, -0.2) is 44.9 Å². The highest BCUT2D eigenvalue weighted by Gasteiger charge is 2.22. The Balaban J connectivity index is 2.68. The summed E-state index contributed by atoms with van der Waals surface area (Å²) < 4.78 is 31.6. The molecule has 0 aliphatic heterocycles. The van der Waals surface area contributed by atoms with Crippen LogP contribution in [0.1, 0.15) is 13.8 Å². The number of carbonyl (C=O) groups excluding carboxylic acids is 1. The minimum Gasteiger partial charge on any atom is -0.497 e. The molecule has 0 spiro atoms. The number of amides is 1. The number of ether oxygens (including phenoxy) is 1. The summed E-state index contributed by atoms with van der Waals surface area (Å²) in [6.45, 7) is 2.95. The number of carbonyl (C=O) groups is 1. The maximum absolute atomic E-state index is 12.1. The molecule has 8 heteroatoms. The SMILES string of the molecule is COc1cccc(NS(=O)(=O)CC(C)C(=O)NC(C)CO)c1. The van der Waals surface area contributed by atoms with E-state index in [9.17, 15) is 13.2 Å². The van der Waals surface area contributed by atoms with Gasteiger partial charge in [-0.1, -0.05) is 13.0 Å². The number of aliphatic hydroxyl groups excluding tert-OH is 1. The molecule has 22 heavy (non-hydrogen) atoms. The Hall–Kier alpha value is -1.80. The maximum atomic E-state index is 12.1. The van der Waals surface area contributed by atoms with Gasteiger partial charge in [0.2, 0.25) is 15.9 Å². The van der Waals surface area contributed by atoms with Crippen molar-refractivity contribution in [3.05, 3.63) is 24.3 Å². The summed E-state index contributed by atoms with van der Waals surface area (Å²) in [6.07, 6.45) is 0. The zero-order valence-electron chi connectivity index (χ0n) is 12.9. The number of sulfonamides is 1. The molecule has 1 aromatic rings. The molecule has 0 heterocycles. The summed E-state index contributed by atoms with van der Waals surface area (Å²) in [7, 11) is -2.19. The fourth-order valence-corrected chi connectivity index (χ4v) is 3.12. The molecule has 124 valence electrons. The van der Waals surface area contributed by atoms with Gasteiger partial charge in [-0.2, -0.15) is 0 Å². The third-order valence-corrected chi connectivity index (χ3v) is 4.41. The third kappa shape index (κ3) is 5.90. The second kappa shape index (κ2) is 8.00. The summed E-state index contributed by atoms with van der Waals surface area (Å²) >= 11 is 0. The molecule has 1 amide bonds. The van der Waals surface area contributed by atoms with Crippen molar-refractivity contribution in [2.75, 3.05) is 24.2 Å². The van der Waals surface area contributed by atoms with Crippen molar-refractivity contribution in [1.82, 2.24) is 5.32 Å². The first-order valence-corrected chi connectivity index (χ1v) is 8.48. The average Bonchev–Trinajstić information content (AvgIpc) is 2.46. The Kier molecular flexibility index (Phi) is 6.63. The summed E-state index contributed by atoms with van der Waals surface area (Å²) in [5.41, 5.74) is 0.371. The van der Waals surface area contributed by atoms with Crippen molar-refractivity contribution in [3.63, 3.8) is 0 Å². The van der Waals surface area contributed by atoms with Crippen molar-refractivity contribution in [1.29, 1.82) is 0 Å². The van der Waals surface area contributed by atoms with Crippen molar-refractivity contribution in [2.24, 2.45) is 5.92 Å². The first-order valence-electron chi connectivity index (χ1n) is 6.83. The van der Waals surface area contributed by atoms with Gasteiger partial charge in [0.1, 0.15) is 5.75 Å². The van der Waals surface area contributed by atoms with E-state index in [-0.39, 0.29) is 12.4 Å². The standard InChI is InChI=1S/C14H22N2O5S/c1-10(14(18)15-11(2)8-17)9-22(19,20)16-12-5-4-6-13(7-12)21-3/h4-7,10-11,16-17H,8-9H2,1-3H3,(H,15,18). The van der Waals surface area contributed by atoms with E-state index in [0.717, 1.165) is 0 Å². The molecule has 0 aromatic heterocycles. The summed E-state index contributed by atoms with van der Waals surface area (Å²) in [4.78, 5) is 11.8. The molecule has 0 saturated heterocycles. The van der Waals surface area contributed by atoms with Gasteiger partial charge in [0.15, 0.2) is 0 Å². The Morgan fingerprint density at radius 2 is 2.05 bits per heavy atom. The lowest BCUT2D eigenvalue weighted by atomic mass is 10.2. The zero-order valence-corrected chi connectivity index (χ0v) is 13.7. The minimum absolute atomic E-state index is 0.201. The van der Waals surface area contributed by atoms with Gasteiger partial charge in [-0.05, 0) is 19.1 Å². The molecule has 1 rings (SSSR count). The fraction of sp³-hybridized carbons (Fsp3) is 0.500. The lowest BCUT2D eigenvalue weighted by molar-refractivity contribution is -0.124. The third-order valence-electron chi connectivity index (χ3n) is 2.92. The summed E-state index contributed by atoms with van der Waals surface area (Å²) in [5.74, 6) is -0.980. The minimum atomic E-state index is -3.68. The van der Waals surface area contributed by atoms with Gasteiger partial charge in [-0.15, -0.1) is 0 Å². The lowest BCUT2D eigenvalue weighted by Gasteiger charge is -2.16. The van der Waals surface area contributed by atoms with Crippen LogP contribution in [0.2, 0.25) is 0 Å². The molecule has 7 nitrogen and oxygen atoms in total. The molecule has 0 saturated carbocycles. The van der Waals surface area contributed by atoms with Crippen LogP contribution < -0.4 is 14.8 Å². The van der Waals surface area contributed by atoms with Gasteiger partial charge in [0.05, 0.1) is 31.1 Å². The normalized spacial score (nSPS) is 14.0. The van der Waals surface area contributed by atoms with E-state index in [4.69, 9.17) is 9.84 Å². The van der Waals surface area contributed by atoms with Crippen molar-refractivity contribution in [2.45, 2.75) is 19.9 Å². The molecule has 2 unspecified atom stereocenters. The van der Waals surface area contributed by atoms with Crippen molar-refractivity contribution < 1.29 is 23.1 Å². The highest BCUT2D eigenvalue weighted by Crippen LogP contribution is 2.18. The van der Waals surface area contributed by atoms with Crippen LogP contribution in [0.4, 0.5) is 5.69 Å². The van der Waals surface area contributed by atoms with Gasteiger partial charge < -0.3 is 15.2 Å². The second-order valence-electron chi connectivity index (χ2n) is 5.11. The Labute approximate surface area is 130 Å². The molecular formula is C14H22N2O5S. The molecule has 0 bridgehead atoms. The molecule has 0 radical (unpaired) electrons. The summed E-state index contributed by atoms with van der Waals surface area (Å²) in [5, 5.41) is 11.4. The average molecular weight is 330 g/mol. The Morgan fingerprint density at radius 1 is 1.36 bits per heavy atom. The van der Waals surface area contributed by atoms with Gasteiger partial charge in [0, 0.05) is 12.1 Å². The van der Waals surface area contributed by atoms with Gasteiger partial charge in [0.25, 0.3) is 0 Å². The van der Waals surface area contributed by atoms with Gasteiger partial charge >= 0.3 is 0 Å². The topological polar surface area (TPSA) is 105 Å². The smallest absolute Gasteiger partial charge is 0.233 e. The number of anilines is 1. The molecule has 0 fully saturated rings. The zero-order chi connectivity index (χ0) is 16.8. The first-order chi connectivity index (χ1) is 10.3. The van der Waals surface area contributed by atoms with Crippen LogP contribution in [0.5, 0.6) is 5.75 Å². The maximum Gasteiger partial charge on any atom is 0.233 e. The van der Waals surface area contributed by atoms with E-state index in [1.807, 2.05) is 0 Å². The molecule has 2 atom stereocenters. The van der Waals surface area contributed by atoms with Gasteiger partial charge in [-0.25, -0.2) is 8.42 Å². The van der Waals surface area contributed by atoms with E-state index in [1.54, 1.807) is 31.2 Å².